The molecule has 1 heterocycles. The average molecular weight is 335 g/mol. The molecule has 1 atom stereocenters. The van der Waals surface area contributed by atoms with Crippen molar-refractivity contribution in [2.24, 2.45) is 0 Å². The quantitative estimate of drug-likeness (QED) is 0.853. The van der Waals surface area contributed by atoms with Gasteiger partial charge < -0.3 is 4.74 Å². The molecule has 1 aromatic rings. The molecule has 0 bridgehead atoms. The minimum atomic E-state index is -4.49. The van der Waals surface area contributed by atoms with Gasteiger partial charge in [0.25, 0.3) is 0 Å². The average Bonchev–Trinajstić information content (AvgIpc) is 3.31. The number of sulfonamides is 1. The molecule has 0 N–H and O–H groups in total. The minimum Gasteiger partial charge on any atom is -0.371 e. The fourth-order valence-corrected chi connectivity index (χ4v) is 4.48. The van der Waals surface area contributed by atoms with E-state index in [0.29, 0.717) is 12.8 Å². The van der Waals surface area contributed by atoms with Crippen molar-refractivity contribution in [3.63, 3.8) is 0 Å². The van der Waals surface area contributed by atoms with Crippen LogP contribution >= 0.6 is 0 Å². The van der Waals surface area contributed by atoms with Crippen LogP contribution in [0.2, 0.25) is 0 Å². The zero-order valence-corrected chi connectivity index (χ0v) is 12.5. The van der Waals surface area contributed by atoms with Crippen LogP contribution in [-0.2, 0) is 20.9 Å². The van der Waals surface area contributed by atoms with Gasteiger partial charge in [0.1, 0.15) is 0 Å². The van der Waals surface area contributed by atoms with Crippen molar-refractivity contribution in [1.82, 2.24) is 4.31 Å². The summed E-state index contributed by atoms with van der Waals surface area (Å²) in [5, 5.41) is -0.371. The second-order valence-corrected chi connectivity index (χ2v) is 7.76. The summed E-state index contributed by atoms with van der Waals surface area (Å²) in [5.41, 5.74) is -0.781. The molecule has 0 aromatic heterocycles. The summed E-state index contributed by atoms with van der Waals surface area (Å²) in [5.74, 6) is 0. The Labute approximate surface area is 126 Å². The first-order chi connectivity index (χ1) is 10.3. The third-order valence-electron chi connectivity index (χ3n) is 3.95. The predicted octanol–water partition coefficient (Wildman–Crippen LogP) is 2.57. The fourth-order valence-electron chi connectivity index (χ4n) is 2.66. The molecule has 2 aliphatic rings. The third-order valence-corrected chi connectivity index (χ3v) is 6.31. The number of ether oxygens (including phenoxy) is 1. The maximum Gasteiger partial charge on any atom is 0.416 e. The summed E-state index contributed by atoms with van der Waals surface area (Å²) >= 11 is 0. The minimum absolute atomic E-state index is 0.00861. The molecule has 0 spiro atoms. The SMILES string of the molecule is O=S(=O)(C1CC1)N1CCOC(c2ccccc2C(F)(F)F)C1. The van der Waals surface area contributed by atoms with Crippen LogP contribution in [0.5, 0.6) is 0 Å². The second-order valence-electron chi connectivity index (χ2n) is 5.55. The van der Waals surface area contributed by atoms with Crippen LogP contribution < -0.4 is 0 Å². The van der Waals surface area contributed by atoms with Crippen molar-refractivity contribution in [2.45, 2.75) is 30.4 Å². The summed E-state index contributed by atoms with van der Waals surface area (Å²) in [4.78, 5) is 0. The normalized spacial score (nSPS) is 24.4. The monoisotopic (exact) mass is 335 g/mol. The van der Waals surface area contributed by atoms with Crippen molar-refractivity contribution in [1.29, 1.82) is 0 Å². The Kier molecular flexibility index (Phi) is 3.94. The lowest BCUT2D eigenvalue weighted by Gasteiger charge is -2.33. The fraction of sp³-hybridized carbons (Fsp3) is 0.571. The molecule has 1 unspecified atom stereocenters. The van der Waals surface area contributed by atoms with Crippen LogP contribution in [0.15, 0.2) is 24.3 Å². The van der Waals surface area contributed by atoms with Gasteiger partial charge in [-0.25, -0.2) is 8.42 Å². The summed E-state index contributed by atoms with van der Waals surface area (Å²) in [7, 11) is -3.41. The summed E-state index contributed by atoms with van der Waals surface area (Å²) in [6, 6.07) is 5.16. The Morgan fingerprint density at radius 1 is 1.18 bits per heavy atom. The molecule has 3 rings (SSSR count). The van der Waals surface area contributed by atoms with Crippen molar-refractivity contribution in [2.75, 3.05) is 19.7 Å². The molecule has 1 aliphatic heterocycles. The number of morpholine rings is 1. The highest BCUT2D eigenvalue weighted by molar-refractivity contribution is 7.90. The highest BCUT2D eigenvalue weighted by Gasteiger charge is 2.43. The van der Waals surface area contributed by atoms with E-state index in [2.05, 4.69) is 0 Å². The van der Waals surface area contributed by atoms with E-state index >= 15 is 0 Å². The highest BCUT2D eigenvalue weighted by atomic mass is 32.2. The Balaban J connectivity index is 1.87. The summed E-state index contributed by atoms with van der Waals surface area (Å²) < 4.78 is 70.5. The maximum absolute atomic E-state index is 13.1. The van der Waals surface area contributed by atoms with Crippen molar-refractivity contribution >= 4 is 10.0 Å². The van der Waals surface area contributed by atoms with Gasteiger partial charge in [-0.05, 0) is 24.5 Å². The van der Waals surface area contributed by atoms with Crippen LogP contribution in [0.3, 0.4) is 0 Å². The lowest BCUT2D eigenvalue weighted by atomic mass is 10.0. The molecule has 22 heavy (non-hydrogen) atoms. The van der Waals surface area contributed by atoms with E-state index in [1.165, 1.54) is 22.5 Å². The number of alkyl halides is 3. The van der Waals surface area contributed by atoms with E-state index in [1.807, 2.05) is 0 Å². The number of benzene rings is 1. The van der Waals surface area contributed by atoms with E-state index in [4.69, 9.17) is 4.74 Å². The first-order valence-corrected chi connectivity index (χ1v) is 8.57. The Morgan fingerprint density at radius 3 is 2.50 bits per heavy atom. The Morgan fingerprint density at radius 2 is 1.86 bits per heavy atom. The smallest absolute Gasteiger partial charge is 0.371 e. The third kappa shape index (κ3) is 3.00. The summed E-state index contributed by atoms with van der Waals surface area (Å²) in [6.45, 7) is 0.234. The van der Waals surface area contributed by atoms with Crippen LogP contribution in [0.25, 0.3) is 0 Å². The number of rotatable bonds is 3. The lowest BCUT2D eigenvalue weighted by Crippen LogP contribution is -2.44. The molecular weight excluding hydrogens is 319 g/mol. The largest absolute Gasteiger partial charge is 0.416 e. The van der Waals surface area contributed by atoms with Gasteiger partial charge >= 0.3 is 6.18 Å². The zero-order chi connectivity index (χ0) is 16.0. The van der Waals surface area contributed by atoms with Gasteiger partial charge in [-0.15, -0.1) is 0 Å². The van der Waals surface area contributed by atoms with Crippen molar-refractivity contribution in [3.8, 4) is 0 Å². The number of nitrogens with zero attached hydrogens (tertiary/aromatic N) is 1. The molecule has 8 heteroatoms. The van der Waals surface area contributed by atoms with E-state index in [9.17, 15) is 21.6 Å². The molecule has 1 aliphatic carbocycles. The van der Waals surface area contributed by atoms with E-state index in [1.54, 1.807) is 0 Å². The first kappa shape index (κ1) is 15.8. The molecule has 1 aromatic carbocycles. The number of halogens is 3. The van der Waals surface area contributed by atoms with Crippen molar-refractivity contribution < 1.29 is 26.3 Å². The zero-order valence-electron chi connectivity index (χ0n) is 11.7. The lowest BCUT2D eigenvalue weighted by molar-refractivity contribution is -0.140. The molecule has 0 amide bonds. The van der Waals surface area contributed by atoms with Gasteiger partial charge in [-0.1, -0.05) is 18.2 Å². The standard InChI is InChI=1S/C14H16F3NO3S/c15-14(16,17)12-4-2-1-3-11(12)13-9-18(7-8-21-13)22(19,20)10-5-6-10/h1-4,10,13H,5-9H2. The second kappa shape index (κ2) is 5.50. The van der Waals surface area contributed by atoms with Crippen LogP contribution in [0.4, 0.5) is 13.2 Å². The topological polar surface area (TPSA) is 46.6 Å². The van der Waals surface area contributed by atoms with Gasteiger partial charge in [-0.3, -0.25) is 0 Å². The number of hydrogen-bond donors (Lipinski definition) is 0. The Hall–Kier alpha value is -1.12. The van der Waals surface area contributed by atoms with E-state index < -0.39 is 27.9 Å². The number of hydrogen-bond acceptors (Lipinski definition) is 3. The van der Waals surface area contributed by atoms with Crippen LogP contribution in [0, 0.1) is 0 Å². The van der Waals surface area contributed by atoms with Crippen LogP contribution in [-0.4, -0.2) is 37.7 Å². The predicted molar refractivity (Wildman–Crippen MR) is 73.7 cm³/mol. The maximum atomic E-state index is 13.1. The van der Waals surface area contributed by atoms with Crippen molar-refractivity contribution in [3.05, 3.63) is 35.4 Å². The molecule has 2 fully saturated rings. The Bertz CT molecular complexity index is 656. The molecule has 1 saturated heterocycles. The van der Waals surface area contributed by atoms with Gasteiger partial charge in [0, 0.05) is 13.1 Å². The van der Waals surface area contributed by atoms with Gasteiger partial charge in [0.2, 0.25) is 10.0 Å². The molecule has 0 radical (unpaired) electrons. The molecule has 4 nitrogen and oxygen atoms in total. The highest BCUT2D eigenvalue weighted by Crippen LogP contribution is 2.38. The van der Waals surface area contributed by atoms with Gasteiger partial charge in [0.05, 0.1) is 23.5 Å². The van der Waals surface area contributed by atoms with Gasteiger partial charge in [0.15, 0.2) is 0 Å². The molecular formula is C14H16F3NO3S. The van der Waals surface area contributed by atoms with E-state index in [-0.39, 0.29) is 30.5 Å². The summed E-state index contributed by atoms with van der Waals surface area (Å²) in [6.07, 6.45) is -4.12. The molecule has 1 saturated carbocycles. The first-order valence-electron chi connectivity index (χ1n) is 7.07. The van der Waals surface area contributed by atoms with E-state index in [0.717, 1.165) is 6.07 Å². The molecule has 122 valence electrons. The van der Waals surface area contributed by atoms with Gasteiger partial charge in [-0.2, -0.15) is 17.5 Å². The van der Waals surface area contributed by atoms with Crippen LogP contribution in [0.1, 0.15) is 30.1 Å².